The number of aliphatic hydroxyl groups is 1. The molecule has 0 aromatic carbocycles. The second-order valence-electron chi connectivity index (χ2n) is 6.59. The van der Waals surface area contributed by atoms with Gasteiger partial charge < -0.3 is 20.4 Å². The van der Waals surface area contributed by atoms with Crippen molar-refractivity contribution in [2.24, 2.45) is 5.92 Å². The molecule has 0 aromatic heterocycles. The van der Waals surface area contributed by atoms with E-state index in [9.17, 15) is 14.7 Å². The largest absolute Gasteiger partial charge is 0.481 e. The highest BCUT2D eigenvalue weighted by molar-refractivity contribution is 5.73. The minimum absolute atomic E-state index is 0.0130. The molecule has 0 aromatic rings. The third kappa shape index (κ3) is 4.68. The number of carboxylic acid groups (broad SMARTS) is 1. The van der Waals surface area contributed by atoms with Crippen LogP contribution >= 0.6 is 0 Å². The number of aliphatic carboxylic acids is 1. The summed E-state index contributed by atoms with van der Waals surface area (Å²) in [5.41, 5.74) is -0.743. The van der Waals surface area contributed by atoms with Crippen LogP contribution in [-0.2, 0) is 9.59 Å². The lowest BCUT2D eigenvalue weighted by atomic mass is 9.78. The number of nitrogens with zero attached hydrogens (tertiary/aromatic N) is 1. The number of piperidine rings is 1. The lowest BCUT2D eigenvalue weighted by Gasteiger charge is -2.41. The topological polar surface area (TPSA) is 89.9 Å². The van der Waals surface area contributed by atoms with Crippen LogP contribution in [0.4, 0.5) is 0 Å². The lowest BCUT2D eigenvalue weighted by molar-refractivity contribution is -0.145. The molecule has 2 aliphatic rings. The van der Waals surface area contributed by atoms with Gasteiger partial charge in [-0.05, 0) is 38.5 Å². The van der Waals surface area contributed by atoms with Gasteiger partial charge in [-0.1, -0.05) is 0 Å². The Morgan fingerprint density at radius 1 is 1.19 bits per heavy atom. The van der Waals surface area contributed by atoms with Crippen LogP contribution < -0.4 is 5.32 Å². The zero-order valence-electron chi connectivity index (χ0n) is 12.7. The Morgan fingerprint density at radius 3 is 2.24 bits per heavy atom. The highest BCUT2D eigenvalue weighted by Crippen LogP contribution is 2.33. The first-order valence-corrected chi connectivity index (χ1v) is 7.83. The van der Waals surface area contributed by atoms with Gasteiger partial charge in [-0.2, -0.15) is 0 Å². The summed E-state index contributed by atoms with van der Waals surface area (Å²) in [6.07, 6.45) is 4.08. The van der Waals surface area contributed by atoms with Crippen LogP contribution in [0.2, 0.25) is 0 Å². The molecule has 1 saturated heterocycles. The first-order chi connectivity index (χ1) is 9.88. The molecule has 21 heavy (non-hydrogen) atoms. The monoisotopic (exact) mass is 298 g/mol. The second-order valence-corrected chi connectivity index (χ2v) is 6.59. The minimum Gasteiger partial charge on any atom is -0.481 e. The van der Waals surface area contributed by atoms with Gasteiger partial charge in [0.15, 0.2) is 0 Å². The molecule has 6 nitrogen and oxygen atoms in total. The molecule has 3 N–H and O–H groups in total. The first-order valence-electron chi connectivity index (χ1n) is 7.83. The molecule has 6 heteroatoms. The van der Waals surface area contributed by atoms with Crippen LogP contribution in [-0.4, -0.2) is 58.3 Å². The van der Waals surface area contributed by atoms with Gasteiger partial charge in [-0.15, -0.1) is 0 Å². The van der Waals surface area contributed by atoms with Gasteiger partial charge in [0, 0.05) is 32.6 Å². The summed E-state index contributed by atoms with van der Waals surface area (Å²) in [6.45, 7) is 3.90. The Kier molecular flexibility index (Phi) is 5.22. The molecule has 0 radical (unpaired) electrons. The highest BCUT2D eigenvalue weighted by Gasteiger charge is 2.37. The molecule has 2 fully saturated rings. The van der Waals surface area contributed by atoms with E-state index in [1.807, 2.05) is 0 Å². The number of carbonyl (C=O) groups is 2. The fraction of sp³-hybridized carbons (Fsp3) is 0.867. The molecule has 120 valence electrons. The van der Waals surface area contributed by atoms with Crippen LogP contribution in [0, 0.1) is 5.92 Å². The molecule has 2 rings (SSSR count). The number of nitrogens with one attached hydrogen (secondary N) is 1. The second kappa shape index (κ2) is 6.75. The van der Waals surface area contributed by atoms with E-state index in [0.29, 0.717) is 32.2 Å². The Hall–Kier alpha value is -1.14. The predicted molar refractivity (Wildman–Crippen MR) is 77.8 cm³/mol. The molecule has 0 spiro atoms. The zero-order valence-corrected chi connectivity index (χ0v) is 12.7. The molecule has 1 aliphatic carbocycles. The number of amides is 1. The van der Waals surface area contributed by atoms with Gasteiger partial charge in [-0.3, -0.25) is 9.59 Å². The predicted octanol–water partition coefficient (Wildman–Crippen LogP) is 0.593. The van der Waals surface area contributed by atoms with E-state index in [1.165, 1.54) is 6.92 Å². The molecular formula is C15H26N2O4. The van der Waals surface area contributed by atoms with Crippen LogP contribution in [0.15, 0.2) is 0 Å². The molecular weight excluding hydrogens is 272 g/mol. The number of β-amino-alcohol motifs (C(OH)–C–C–N with tert-alkyl or cyclic N) is 1. The third-order valence-corrected chi connectivity index (χ3v) is 4.78. The van der Waals surface area contributed by atoms with Crippen molar-refractivity contribution in [3.63, 3.8) is 0 Å². The van der Waals surface area contributed by atoms with E-state index in [1.54, 1.807) is 0 Å². The van der Waals surface area contributed by atoms with Gasteiger partial charge >= 0.3 is 5.97 Å². The quantitative estimate of drug-likeness (QED) is 0.707. The van der Waals surface area contributed by atoms with Gasteiger partial charge in [0.2, 0.25) is 5.91 Å². The first kappa shape index (κ1) is 16.2. The SMILES string of the molecule is CC(=O)NC1CCN(CC2(O)CCC(C(=O)O)CC2)CC1. The maximum atomic E-state index is 11.0. The number of hydrogen-bond acceptors (Lipinski definition) is 4. The summed E-state index contributed by atoms with van der Waals surface area (Å²) in [5.74, 6) is -1.02. The molecule has 0 unspecified atom stereocenters. The van der Waals surface area contributed by atoms with Crippen LogP contribution in [0.25, 0.3) is 0 Å². The van der Waals surface area contributed by atoms with E-state index in [2.05, 4.69) is 10.2 Å². The molecule has 1 aliphatic heterocycles. The van der Waals surface area contributed by atoms with E-state index in [0.717, 1.165) is 25.9 Å². The summed E-state index contributed by atoms with van der Waals surface area (Å²) in [7, 11) is 0. The standard InChI is InChI=1S/C15H26N2O4/c1-11(18)16-13-4-8-17(9-5-13)10-15(21)6-2-12(3-7-15)14(19)20/h12-13,21H,2-10H2,1H3,(H,16,18)(H,19,20). The molecule has 0 atom stereocenters. The Morgan fingerprint density at radius 2 is 1.76 bits per heavy atom. The maximum Gasteiger partial charge on any atom is 0.306 e. The van der Waals surface area contributed by atoms with Crippen molar-refractivity contribution in [1.29, 1.82) is 0 Å². The minimum atomic E-state index is -0.743. The van der Waals surface area contributed by atoms with Crippen LogP contribution in [0.1, 0.15) is 45.4 Å². The molecule has 0 bridgehead atoms. The molecule has 1 amide bonds. The van der Waals surface area contributed by atoms with E-state index in [4.69, 9.17) is 5.11 Å². The van der Waals surface area contributed by atoms with E-state index < -0.39 is 11.6 Å². The van der Waals surface area contributed by atoms with E-state index in [-0.39, 0.29) is 17.9 Å². The van der Waals surface area contributed by atoms with Crippen molar-refractivity contribution < 1.29 is 19.8 Å². The summed E-state index contributed by atoms with van der Waals surface area (Å²) < 4.78 is 0. The average Bonchev–Trinajstić information content (AvgIpc) is 2.40. The number of carbonyl (C=O) groups excluding carboxylic acids is 1. The zero-order chi connectivity index (χ0) is 15.5. The maximum absolute atomic E-state index is 11.0. The van der Waals surface area contributed by atoms with Crippen molar-refractivity contribution in [2.75, 3.05) is 19.6 Å². The van der Waals surface area contributed by atoms with Gasteiger partial charge in [0.05, 0.1) is 11.5 Å². The van der Waals surface area contributed by atoms with Crippen molar-refractivity contribution in [3.05, 3.63) is 0 Å². The van der Waals surface area contributed by atoms with Gasteiger partial charge in [0.25, 0.3) is 0 Å². The van der Waals surface area contributed by atoms with Crippen molar-refractivity contribution >= 4 is 11.9 Å². The Balaban J connectivity index is 1.75. The van der Waals surface area contributed by atoms with Gasteiger partial charge in [0.1, 0.15) is 0 Å². The summed E-state index contributed by atoms with van der Waals surface area (Å²) in [5, 5.41) is 22.6. The lowest BCUT2D eigenvalue weighted by Crippen LogP contribution is -2.51. The average molecular weight is 298 g/mol. The highest BCUT2D eigenvalue weighted by atomic mass is 16.4. The van der Waals surface area contributed by atoms with Gasteiger partial charge in [-0.25, -0.2) is 0 Å². The van der Waals surface area contributed by atoms with Crippen molar-refractivity contribution in [3.8, 4) is 0 Å². The van der Waals surface area contributed by atoms with Crippen molar-refractivity contribution in [2.45, 2.75) is 57.1 Å². The number of carboxylic acids is 1. The summed E-state index contributed by atoms with van der Waals surface area (Å²) in [4.78, 5) is 24.2. The fourth-order valence-corrected chi connectivity index (χ4v) is 3.50. The number of hydrogen-bond donors (Lipinski definition) is 3. The van der Waals surface area contributed by atoms with Crippen LogP contribution in [0.3, 0.4) is 0 Å². The Bertz CT molecular complexity index is 383. The normalized spacial score (nSPS) is 31.8. The Labute approximate surface area is 125 Å². The van der Waals surface area contributed by atoms with Crippen molar-refractivity contribution in [1.82, 2.24) is 10.2 Å². The molecule has 1 saturated carbocycles. The number of rotatable bonds is 4. The third-order valence-electron chi connectivity index (χ3n) is 4.78. The summed E-state index contributed by atoms with van der Waals surface area (Å²) >= 11 is 0. The molecule has 1 heterocycles. The smallest absolute Gasteiger partial charge is 0.306 e. The van der Waals surface area contributed by atoms with E-state index >= 15 is 0 Å². The van der Waals surface area contributed by atoms with Crippen LogP contribution in [0.5, 0.6) is 0 Å². The summed E-state index contributed by atoms with van der Waals surface area (Å²) in [6, 6.07) is 0.246. The fourth-order valence-electron chi connectivity index (χ4n) is 3.50. The number of likely N-dealkylation sites (tertiary alicyclic amines) is 1.